The van der Waals surface area contributed by atoms with E-state index in [1.54, 1.807) is 18.5 Å². The van der Waals surface area contributed by atoms with E-state index in [2.05, 4.69) is 27.3 Å². The first-order valence-electron chi connectivity index (χ1n) is 8.68. The van der Waals surface area contributed by atoms with Gasteiger partial charge in [-0.15, -0.1) is 0 Å². The topological polar surface area (TPSA) is 75.5 Å². The number of hydrogen-bond acceptors (Lipinski definition) is 6. The van der Waals surface area contributed by atoms with E-state index in [1.807, 2.05) is 42.9 Å². The molecular weight excluding hydrogens is 332 g/mol. The molecule has 0 aromatic carbocycles. The third kappa shape index (κ3) is 3.86. The number of nitrogens with zero attached hydrogens (tertiary/aromatic N) is 5. The van der Waals surface area contributed by atoms with Gasteiger partial charge in [0.05, 0.1) is 24.4 Å². The summed E-state index contributed by atoms with van der Waals surface area (Å²) >= 11 is 0. The molecule has 0 saturated carbocycles. The Labute approximate surface area is 153 Å². The summed E-state index contributed by atoms with van der Waals surface area (Å²) in [5.41, 5.74) is 2.41. The zero-order valence-electron chi connectivity index (χ0n) is 15.7. The zero-order chi connectivity index (χ0) is 18.7. The Morgan fingerprint density at radius 2 is 2.15 bits per heavy atom. The molecule has 140 valence electrons. The van der Waals surface area contributed by atoms with E-state index in [1.165, 1.54) is 0 Å². The van der Waals surface area contributed by atoms with Crippen LogP contribution in [0.5, 0.6) is 0 Å². The summed E-state index contributed by atoms with van der Waals surface area (Å²) in [6.45, 7) is 1.89. The first-order chi connectivity index (χ1) is 12.5. The number of likely N-dealkylation sites (N-methyl/N-ethyl adjacent to an activating group) is 1. The van der Waals surface area contributed by atoms with Crippen molar-refractivity contribution in [3.05, 3.63) is 42.0 Å². The molecule has 0 spiro atoms. The van der Waals surface area contributed by atoms with E-state index in [9.17, 15) is 4.79 Å². The number of ether oxygens (including phenoxy) is 1. The van der Waals surface area contributed by atoms with Gasteiger partial charge in [-0.3, -0.25) is 19.4 Å². The second kappa shape index (κ2) is 7.84. The maximum absolute atomic E-state index is 12.5. The van der Waals surface area contributed by atoms with Crippen LogP contribution in [0.15, 0.2) is 30.6 Å². The number of carbonyl (C=O) groups is 1. The van der Waals surface area contributed by atoms with Crippen molar-refractivity contribution in [2.45, 2.75) is 12.1 Å². The number of aryl methyl sites for hydroxylation is 1. The van der Waals surface area contributed by atoms with Crippen molar-refractivity contribution < 1.29 is 9.53 Å². The third-order valence-corrected chi connectivity index (χ3v) is 4.72. The fourth-order valence-corrected chi connectivity index (χ4v) is 3.23. The van der Waals surface area contributed by atoms with E-state index >= 15 is 0 Å². The van der Waals surface area contributed by atoms with Gasteiger partial charge in [-0.2, -0.15) is 5.10 Å². The van der Waals surface area contributed by atoms with Gasteiger partial charge in [0.15, 0.2) is 0 Å². The van der Waals surface area contributed by atoms with Crippen LogP contribution >= 0.6 is 0 Å². The predicted octanol–water partition coefficient (Wildman–Crippen LogP) is 0.683. The highest BCUT2D eigenvalue weighted by Crippen LogP contribution is 2.27. The Hall–Kier alpha value is -2.45. The molecule has 2 aromatic rings. The summed E-state index contributed by atoms with van der Waals surface area (Å²) in [7, 11) is 7.85. The van der Waals surface area contributed by atoms with Gasteiger partial charge in [0.25, 0.3) is 5.91 Å². The molecule has 0 unspecified atom stereocenters. The summed E-state index contributed by atoms with van der Waals surface area (Å²) in [6, 6.07) is 5.68. The van der Waals surface area contributed by atoms with E-state index < -0.39 is 0 Å². The van der Waals surface area contributed by atoms with Gasteiger partial charge >= 0.3 is 0 Å². The van der Waals surface area contributed by atoms with Crippen molar-refractivity contribution in [2.24, 2.45) is 7.05 Å². The Morgan fingerprint density at radius 3 is 2.85 bits per heavy atom. The Balaban J connectivity index is 1.70. The normalized spacial score (nSPS) is 20.8. The van der Waals surface area contributed by atoms with Crippen molar-refractivity contribution in [3.8, 4) is 0 Å². The Kier molecular flexibility index (Phi) is 5.53. The van der Waals surface area contributed by atoms with Gasteiger partial charge in [0.2, 0.25) is 0 Å². The first-order valence-corrected chi connectivity index (χ1v) is 8.68. The number of anilines is 1. The second-order valence-electron chi connectivity index (χ2n) is 6.72. The van der Waals surface area contributed by atoms with E-state index in [0.717, 1.165) is 17.9 Å². The van der Waals surface area contributed by atoms with Crippen LogP contribution in [0.2, 0.25) is 0 Å². The molecule has 1 amide bonds. The van der Waals surface area contributed by atoms with E-state index in [0.29, 0.717) is 18.8 Å². The van der Waals surface area contributed by atoms with Crippen LogP contribution in [0, 0.1) is 0 Å². The van der Waals surface area contributed by atoms with Gasteiger partial charge in [0.1, 0.15) is 5.69 Å². The maximum atomic E-state index is 12.5. The lowest BCUT2D eigenvalue weighted by molar-refractivity contribution is -0.0629. The molecule has 1 fully saturated rings. The summed E-state index contributed by atoms with van der Waals surface area (Å²) in [4.78, 5) is 20.9. The predicted molar refractivity (Wildman–Crippen MR) is 99.2 cm³/mol. The SMILES string of the molecule is CN(C)c1ccnc(C(=O)NC[C@@H]2OCCN(C)[C@H]2c2ccnn2C)c1. The van der Waals surface area contributed by atoms with Crippen LogP contribution in [0.4, 0.5) is 5.69 Å². The molecule has 0 radical (unpaired) electrons. The van der Waals surface area contributed by atoms with Crippen LogP contribution in [0.3, 0.4) is 0 Å². The van der Waals surface area contributed by atoms with Crippen LogP contribution < -0.4 is 10.2 Å². The van der Waals surface area contributed by atoms with Crippen molar-refractivity contribution in [3.63, 3.8) is 0 Å². The van der Waals surface area contributed by atoms with Crippen molar-refractivity contribution in [2.75, 3.05) is 45.7 Å². The number of aromatic nitrogens is 3. The smallest absolute Gasteiger partial charge is 0.270 e. The van der Waals surface area contributed by atoms with E-state index in [4.69, 9.17) is 4.74 Å². The molecule has 3 rings (SSSR count). The molecule has 0 aliphatic carbocycles. The molecule has 2 aromatic heterocycles. The van der Waals surface area contributed by atoms with Crippen molar-refractivity contribution in [1.82, 2.24) is 25.0 Å². The first kappa shape index (κ1) is 18.3. The van der Waals surface area contributed by atoms with Crippen molar-refractivity contribution in [1.29, 1.82) is 0 Å². The number of morpholine rings is 1. The number of rotatable bonds is 5. The third-order valence-electron chi connectivity index (χ3n) is 4.72. The van der Waals surface area contributed by atoms with Gasteiger partial charge in [0, 0.05) is 52.3 Å². The number of carbonyl (C=O) groups excluding carboxylic acids is 1. The van der Waals surface area contributed by atoms with E-state index in [-0.39, 0.29) is 18.1 Å². The standard InChI is InChI=1S/C18H26N6O2/c1-22(2)13-5-7-19-14(11-13)18(25)20-12-16-17(23(3)9-10-26-16)15-6-8-21-24(15)4/h5-8,11,16-17H,9-10,12H2,1-4H3,(H,20,25)/t16-,17-/m0/s1. The van der Waals surface area contributed by atoms with Crippen LogP contribution in [0.25, 0.3) is 0 Å². The lowest BCUT2D eigenvalue weighted by atomic mass is 10.0. The molecule has 1 aliphatic rings. The van der Waals surface area contributed by atoms with Crippen molar-refractivity contribution >= 4 is 11.6 Å². The van der Waals surface area contributed by atoms with Gasteiger partial charge < -0.3 is 15.0 Å². The zero-order valence-corrected chi connectivity index (χ0v) is 15.7. The number of nitrogens with one attached hydrogen (secondary N) is 1. The lowest BCUT2D eigenvalue weighted by Gasteiger charge is -2.39. The summed E-state index contributed by atoms with van der Waals surface area (Å²) < 4.78 is 7.82. The highest BCUT2D eigenvalue weighted by Gasteiger charge is 2.33. The minimum Gasteiger partial charge on any atom is -0.378 e. The molecule has 8 nitrogen and oxygen atoms in total. The number of pyridine rings is 1. The second-order valence-corrected chi connectivity index (χ2v) is 6.72. The Morgan fingerprint density at radius 1 is 1.35 bits per heavy atom. The minimum atomic E-state index is -0.200. The molecule has 1 N–H and O–H groups in total. The molecule has 2 atom stereocenters. The summed E-state index contributed by atoms with van der Waals surface area (Å²) in [6.07, 6.45) is 3.28. The van der Waals surface area contributed by atoms with Gasteiger partial charge in [-0.05, 0) is 25.2 Å². The minimum absolute atomic E-state index is 0.0395. The van der Waals surface area contributed by atoms with Crippen LogP contribution in [0.1, 0.15) is 22.2 Å². The fraction of sp³-hybridized carbons (Fsp3) is 0.500. The highest BCUT2D eigenvalue weighted by molar-refractivity contribution is 5.93. The quantitative estimate of drug-likeness (QED) is 0.847. The van der Waals surface area contributed by atoms with Crippen LogP contribution in [-0.4, -0.2) is 72.5 Å². The number of amides is 1. The average molecular weight is 358 g/mol. The summed E-state index contributed by atoms with van der Waals surface area (Å²) in [5.74, 6) is -0.200. The Bertz CT molecular complexity index is 760. The average Bonchev–Trinajstić information content (AvgIpc) is 3.05. The largest absolute Gasteiger partial charge is 0.378 e. The fourth-order valence-electron chi connectivity index (χ4n) is 3.23. The number of hydrogen-bond donors (Lipinski definition) is 1. The summed E-state index contributed by atoms with van der Waals surface area (Å²) in [5, 5.41) is 7.23. The lowest BCUT2D eigenvalue weighted by Crippen LogP contribution is -2.49. The monoisotopic (exact) mass is 358 g/mol. The van der Waals surface area contributed by atoms with Crippen LogP contribution in [-0.2, 0) is 11.8 Å². The molecule has 3 heterocycles. The molecule has 1 saturated heterocycles. The van der Waals surface area contributed by atoms with Gasteiger partial charge in [-0.25, -0.2) is 0 Å². The molecule has 1 aliphatic heterocycles. The molecule has 0 bridgehead atoms. The molecule has 26 heavy (non-hydrogen) atoms. The highest BCUT2D eigenvalue weighted by atomic mass is 16.5. The van der Waals surface area contributed by atoms with Gasteiger partial charge in [-0.1, -0.05) is 0 Å². The molecule has 8 heteroatoms. The molecular formula is C18H26N6O2. The maximum Gasteiger partial charge on any atom is 0.270 e.